The number of pyridine rings is 1. The molecule has 0 amide bonds. The largest absolute Gasteiger partial charge is 0.493 e. The summed E-state index contributed by atoms with van der Waals surface area (Å²) in [4.78, 5) is 3.29. The first-order valence-corrected chi connectivity index (χ1v) is 11.4. The van der Waals surface area contributed by atoms with Crippen molar-refractivity contribution in [1.82, 2.24) is 4.31 Å². The Bertz CT molecular complexity index is 924. The van der Waals surface area contributed by atoms with Gasteiger partial charge in [0, 0.05) is 25.6 Å². The van der Waals surface area contributed by atoms with Crippen molar-refractivity contribution in [3.63, 3.8) is 0 Å². The van der Waals surface area contributed by atoms with Crippen LogP contribution >= 0.6 is 0 Å². The standard InChI is InChI=1S/C21H29N3O4S/c1-16-13-17(2)18(3)20(14-16)28-10-4-7-22-21-6-5-19(15-23-21)29(25,26)24-8-11-27-12-9-24/h5-6,13-15H,4,7-12H2,1-3H3,(H,22,23)/p+1. The van der Waals surface area contributed by atoms with E-state index in [4.69, 9.17) is 9.47 Å². The molecule has 0 radical (unpaired) electrons. The second kappa shape index (κ2) is 9.56. The van der Waals surface area contributed by atoms with Gasteiger partial charge in [-0.1, -0.05) is 6.07 Å². The molecule has 2 heterocycles. The molecule has 158 valence electrons. The van der Waals surface area contributed by atoms with Gasteiger partial charge in [-0.05, 0) is 49.6 Å². The predicted molar refractivity (Wildman–Crippen MR) is 112 cm³/mol. The number of aromatic amines is 1. The Morgan fingerprint density at radius 2 is 1.93 bits per heavy atom. The summed E-state index contributed by atoms with van der Waals surface area (Å²) in [5, 5.41) is 3.26. The Kier molecular flexibility index (Phi) is 7.10. The van der Waals surface area contributed by atoms with Crippen molar-refractivity contribution in [3.05, 3.63) is 47.2 Å². The van der Waals surface area contributed by atoms with Crippen LogP contribution in [0.4, 0.5) is 5.82 Å². The zero-order valence-electron chi connectivity index (χ0n) is 17.3. The number of hydrogen-bond acceptors (Lipinski definition) is 5. The maximum Gasteiger partial charge on any atom is 0.272 e. The van der Waals surface area contributed by atoms with E-state index in [0.717, 1.165) is 24.5 Å². The van der Waals surface area contributed by atoms with Gasteiger partial charge in [-0.3, -0.25) is 5.32 Å². The number of nitrogens with one attached hydrogen (secondary N) is 2. The third-order valence-corrected chi connectivity index (χ3v) is 6.94. The van der Waals surface area contributed by atoms with E-state index in [2.05, 4.69) is 43.2 Å². The van der Waals surface area contributed by atoms with Crippen molar-refractivity contribution in [2.45, 2.75) is 32.1 Å². The van der Waals surface area contributed by atoms with E-state index in [1.165, 1.54) is 27.2 Å². The predicted octanol–water partition coefficient (Wildman–Crippen LogP) is 2.33. The van der Waals surface area contributed by atoms with Gasteiger partial charge in [0.25, 0.3) is 5.82 Å². The average Bonchev–Trinajstić information content (AvgIpc) is 2.72. The average molecular weight is 421 g/mol. The van der Waals surface area contributed by atoms with Crippen LogP contribution in [0, 0.1) is 20.8 Å². The number of morpholine rings is 1. The first-order chi connectivity index (χ1) is 13.9. The van der Waals surface area contributed by atoms with Crippen LogP contribution in [0.2, 0.25) is 0 Å². The molecule has 0 spiro atoms. The number of aromatic nitrogens is 1. The molecule has 1 fully saturated rings. The van der Waals surface area contributed by atoms with Crippen LogP contribution in [0.5, 0.6) is 5.75 Å². The summed E-state index contributed by atoms with van der Waals surface area (Å²) >= 11 is 0. The summed E-state index contributed by atoms with van der Waals surface area (Å²) in [5.74, 6) is 1.71. The van der Waals surface area contributed by atoms with Crippen molar-refractivity contribution in [1.29, 1.82) is 0 Å². The van der Waals surface area contributed by atoms with Crippen LogP contribution in [-0.4, -0.2) is 52.2 Å². The normalized spacial score (nSPS) is 15.3. The smallest absolute Gasteiger partial charge is 0.272 e. The molecule has 1 saturated heterocycles. The number of anilines is 1. The molecule has 3 rings (SSSR count). The highest BCUT2D eigenvalue weighted by Crippen LogP contribution is 2.23. The van der Waals surface area contributed by atoms with E-state index >= 15 is 0 Å². The first-order valence-electron chi connectivity index (χ1n) is 9.92. The molecular formula is C21H30N3O4S+. The van der Waals surface area contributed by atoms with Gasteiger partial charge in [-0.15, -0.1) is 0 Å². The molecular weight excluding hydrogens is 390 g/mol. The van der Waals surface area contributed by atoms with E-state index in [-0.39, 0.29) is 4.90 Å². The Balaban J connectivity index is 1.47. The van der Waals surface area contributed by atoms with Gasteiger partial charge < -0.3 is 9.47 Å². The maximum atomic E-state index is 12.6. The van der Waals surface area contributed by atoms with Gasteiger partial charge in [0.2, 0.25) is 10.0 Å². The molecule has 8 heteroatoms. The van der Waals surface area contributed by atoms with Crippen molar-refractivity contribution >= 4 is 15.8 Å². The molecule has 0 unspecified atom stereocenters. The number of nitrogens with zero attached hydrogens (tertiary/aromatic N) is 1. The molecule has 1 aliphatic rings. The van der Waals surface area contributed by atoms with E-state index in [1.807, 2.05) is 0 Å². The van der Waals surface area contributed by atoms with Crippen LogP contribution < -0.4 is 15.0 Å². The van der Waals surface area contributed by atoms with E-state index in [9.17, 15) is 8.42 Å². The fraction of sp³-hybridized carbons (Fsp3) is 0.476. The van der Waals surface area contributed by atoms with Gasteiger partial charge in [0.05, 0.1) is 26.4 Å². The highest BCUT2D eigenvalue weighted by Gasteiger charge is 2.27. The zero-order chi connectivity index (χ0) is 20.9. The number of benzene rings is 1. The van der Waals surface area contributed by atoms with Gasteiger partial charge in [0.1, 0.15) is 16.8 Å². The van der Waals surface area contributed by atoms with Gasteiger partial charge in [-0.25, -0.2) is 13.4 Å². The molecule has 2 aromatic rings. The molecule has 1 aromatic carbocycles. The van der Waals surface area contributed by atoms with E-state index in [1.54, 1.807) is 12.1 Å². The Morgan fingerprint density at radius 1 is 1.17 bits per heavy atom. The van der Waals surface area contributed by atoms with Crippen LogP contribution in [0.25, 0.3) is 0 Å². The summed E-state index contributed by atoms with van der Waals surface area (Å²) in [6.45, 7) is 9.22. The van der Waals surface area contributed by atoms with Crippen LogP contribution in [-0.2, 0) is 14.8 Å². The zero-order valence-corrected chi connectivity index (χ0v) is 18.1. The van der Waals surface area contributed by atoms with Gasteiger partial charge in [0.15, 0.2) is 0 Å². The molecule has 0 atom stereocenters. The van der Waals surface area contributed by atoms with Crippen molar-refractivity contribution < 1.29 is 22.9 Å². The Morgan fingerprint density at radius 3 is 2.62 bits per heavy atom. The lowest BCUT2D eigenvalue weighted by molar-refractivity contribution is -0.364. The number of hydrogen-bond donors (Lipinski definition) is 1. The highest BCUT2D eigenvalue weighted by atomic mass is 32.2. The summed E-state index contributed by atoms with van der Waals surface area (Å²) in [6, 6.07) is 7.60. The third kappa shape index (κ3) is 5.46. The minimum absolute atomic E-state index is 0.263. The fourth-order valence-corrected chi connectivity index (χ4v) is 4.62. The number of H-pyrrole nitrogens is 1. The minimum atomic E-state index is -3.48. The van der Waals surface area contributed by atoms with Gasteiger partial charge in [-0.2, -0.15) is 4.31 Å². The summed E-state index contributed by atoms with van der Waals surface area (Å²) in [6.07, 6.45) is 2.36. The number of sulfonamides is 1. The summed E-state index contributed by atoms with van der Waals surface area (Å²) in [7, 11) is -3.48. The number of aryl methyl sites for hydroxylation is 2. The quantitative estimate of drug-likeness (QED) is 0.663. The summed E-state index contributed by atoms with van der Waals surface area (Å²) in [5.41, 5.74) is 3.61. The topological polar surface area (TPSA) is 82.0 Å². The van der Waals surface area contributed by atoms with Gasteiger partial charge >= 0.3 is 0 Å². The molecule has 1 aliphatic heterocycles. The SMILES string of the molecule is Cc1cc(C)c(C)c(OCCCNc2ccc(S(=O)(=O)N3CCOCC3)c[nH+]2)c1. The summed E-state index contributed by atoms with van der Waals surface area (Å²) < 4.78 is 37.8. The van der Waals surface area contributed by atoms with Crippen molar-refractivity contribution in [2.75, 3.05) is 44.8 Å². The number of rotatable bonds is 8. The number of ether oxygens (including phenoxy) is 2. The van der Waals surface area contributed by atoms with Crippen molar-refractivity contribution in [2.24, 2.45) is 0 Å². The monoisotopic (exact) mass is 420 g/mol. The lowest BCUT2D eigenvalue weighted by Gasteiger charge is -2.25. The first kappa shape index (κ1) is 21.5. The molecule has 1 aromatic heterocycles. The van der Waals surface area contributed by atoms with E-state index in [0.29, 0.717) is 32.9 Å². The molecule has 2 N–H and O–H groups in total. The van der Waals surface area contributed by atoms with Crippen LogP contribution in [0.1, 0.15) is 23.1 Å². The van der Waals surface area contributed by atoms with Crippen LogP contribution in [0.3, 0.4) is 0 Å². The molecule has 29 heavy (non-hydrogen) atoms. The maximum absolute atomic E-state index is 12.6. The Labute approximate surface area is 173 Å². The van der Waals surface area contributed by atoms with Crippen molar-refractivity contribution in [3.8, 4) is 5.75 Å². The lowest BCUT2D eigenvalue weighted by atomic mass is 10.1. The third-order valence-electron chi connectivity index (χ3n) is 5.05. The highest BCUT2D eigenvalue weighted by molar-refractivity contribution is 7.89. The molecule has 7 nitrogen and oxygen atoms in total. The minimum Gasteiger partial charge on any atom is -0.493 e. The molecule has 0 aliphatic carbocycles. The molecule has 0 bridgehead atoms. The lowest BCUT2D eigenvalue weighted by Crippen LogP contribution is -2.40. The second-order valence-electron chi connectivity index (χ2n) is 7.29. The fourth-order valence-electron chi connectivity index (χ4n) is 3.25. The second-order valence-corrected chi connectivity index (χ2v) is 9.23. The van der Waals surface area contributed by atoms with E-state index < -0.39 is 10.0 Å². The van der Waals surface area contributed by atoms with Crippen LogP contribution in [0.15, 0.2) is 35.4 Å². The Hall–Kier alpha value is -2.16. The molecule has 0 saturated carbocycles.